The van der Waals surface area contributed by atoms with Crippen LogP contribution in [0.2, 0.25) is 0 Å². The zero-order valence-electron chi connectivity index (χ0n) is 12.0. The summed E-state index contributed by atoms with van der Waals surface area (Å²) in [6, 6.07) is 3.81. The second kappa shape index (κ2) is 5.02. The zero-order chi connectivity index (χ0) is 14.1. The molecule has 0 bridgehead atoms. The van der Waals surface area contributed by atoms with Crippen molar-refractivity contribution in [3.8, 4) is 0 Å². The van der Waals surface area contributed by atoms with Crippen LogP contribution in [-0.2, 0) is 20.1 Å². The van der Waals surface area contributed by atoms with Gasteiger partial charge in [-0.15, -0.1) is 0 Å². The first-order valence-electron chi connectivity index (χ1n) is 6.01. The van der Waals surface area contributed by atoms with Crippen molar-refractivity contribution in [1.82, 2.24) is 0 Å². The number of rotatable bonds is 3. The fraction of sp³-hybridized carbons (Fsp3) is 0.571. The average Bonchev–Trinajstić information content (AvgIpc) is 2.15. The molecular weight excluding hydrogens is 248 g/mol. The van der Waals surface area contributed by atoms with Gasteiger partial charge in [0, 0.05) is 0 Å². The zero-order valence-corrected chi connectivity index (χ0v) is 12.8. The molecule has 102 valence electrons. The van der Waals surface area contributed by atoms with Gasteiger partial charge in [0.2, 0.25) is 0 Å². The summed E-state index contributed by atoms with van der Waals surface area (Å²) >= 11 is 0. The predicted octanol–water partition coefficient (Wildman–Crippen LogP) is 3.26. The minimum Gasteiger partial charge on any atom is -0.264 e. The third kappa shape index (κ3) is 4.10. The molecule has 4 heteroatoms. The van der Waals surface area contributed by atoms with E-state index in [1.165, 1.54) is 5.56 Å². The van der Waals surface area contributed by atoms with Crippen LogP contribution >= 0.6 is 0 Å². The minimum absolute atomic E-state index is 0.0722. The largest absolute Gasteiger partial charge is 0.272 e. The third-order valence-electron chi connectivity index (χ3n) is 2.88. The lowest BCUT2D eigenvalue weighted by molar-refractivity contribution is 0.139. The van der Waals surface area contributed by atoms with Crippen molar-refractivity contribution in [3.05, 3.63) is 34.4 Å². The summed E-state index contributed by atoms with van der Waals surface area (Å²) in [5.74, 6) is -0.0722. The first-order chi connectivity index (χ1) is 8.02. The predicted molar refractivity (Wildman–Crippen MR) is 74.1 cm³/mol. The number of benzene rings is 1. The second-order valence-electron chi connectivity index (χ2n) is 5.69. The van der Waals surface area contributed by atoms with Crippen LogP contribution < -0.4 is 0 Å². The summed E-state index contributed by atoms with van der Waals surface area (Å²) in [5.41, 5.74) is 3.45. The van der Waals surface area contributed by atoms with Gasteiger partial charge in [0.25, 0.3) is 10.1 Å². The minimum atomic E-state index is -3.54. The molecule has 0 fully saturated rings. The summed E-state index contributed by atoms with van der Waals surface area (Å²) in [6.07, 6.45) is 0. The highest BCUT2D eigenvalue weighted by atomic mass is 32.2. The Morgan fingerprint density at radius 2 is 1.61 bits per heavy atom. The Morgan fingerprint density at radius 1 is 1.06 bits per heavy atom. The van der Waals surface area contributed by atoms with Crippen LogP contribution in [0.15, 0.2) is 12.1 Å². The Bertz CT molecular complexity index is 537. The van der Waals surface area contributed by atoms with E-state index in [-0.39, 0.29) is 5.75 Å². The smallest absolute Gasteiger partial charge is 0.264 e. The molecule has 0 heterocycles. The molecule has 0 spiro atoms. The average molecular weight is 270 g/mol. The number of aryl methyl sites for hydroxylation is 1. The highest BCUT2D eigenvalue weighted by Crippen LogP contribution is 2.21. The summed E-state index contributed by atoms with van der Waals surface area (Å²) in [7, 11) is -3.54. The van der Waals surface area contributed by atoms with Crippen LogP contribution in [0.3, 0.4) is 0 Å². The van der Waals surface area contributed by atoms with Crippen molar-refractivity contribution in [2.24, 2.45) is 0 Å². The molecule has 0 aliphatic heterocycles. The molecular formula is C14H22O3S. The topological polar surface area (TPSA) is 43.4 Å². The highest BCUT2D eigenvalue weighted by molar-refractivity contribution is 7.85. The Balaban J connectivity index is 3.03. The number of hydrogen-bond acceptors (Lipinski definition) is 3. The van der Waals surface area contributed by atoms with Crippen LogP contribution in [0.1, 0.15) is 43.0 Å². The van der Waals surface area contributed by atoms with E-state index in [0.29, 0.717) is 0 Å². The van der Waals surface area contributed by atoms with Crippen molar-refractivity contribution in [2.45, 2.75) is 52.9 Å². The Hall–Kier alpha value is -0.870. The Labute approximate surface area is 110 Å². The van der Waals surface area contributed by atoms with Gasteiger partial charge in [-0.05, 0) is 63.8 Å². The maximum atomic E-state index is 11.9. The van der Waals surface area contributed by atoms with E-state index in [0.717, 1.165) is 16.7 Å². The van der Waals surface area contributed by atoms with Gasteiger partial charge in [-0.3, -0.25) is 4.18 Å². The quantitative estimate of drug-likeness (QED) is 0.792. The summed E-state index contributed by atoms with van der Waals surface area (Å²) in [4.78, 5) is 0. The molecule has 18 heavy (non-hydrogen) atoms. The first kappa shape index (κ1) is 15.2. The second-order valence-corrected chi connectivity index (χ2v) is 7.26. The number of hydrogen-bond donors (Lipinski definition) is 0. The van der Waals surface area contributed by atoms with E-state index >= 15 is 0 Å². The molecule has 0 amide bonds. The van der Waals surface area contributed by atoms with E-state index in [4.69, 9.17) is 4.18 Å². The van der Waals surface area contributed by atoms with Crippen molar-refractivity contribution in [3.63, 3.8) is 0 Å². The van der Waals surface area contributed by atoms with Crippen LogP contribution in [-0.4, -0.2) is 14.0 Å². The van der Waals surface area contributed by atoms with Crippen LogP contribution in [0.5, 0.6) is 0 Å². The Kier molecular flexibility index (Phi) is 4.23. The molecule has 0 saturated heterocycles. The molecule has 0 saturated carbocycles. The molecule has 3 nitrogen and oxygen atoms in total. The van der Waals surface area contributed by atoms with E-state index in [9.17, 15) is 8.42 Å². The third-order valence-corrected chi connectivity index (χ3v) is 4.30. The van der Waals surface area contributed by atoms with Gasteiger partial charge in [-0.1, -0.05) is 12.1 Å². The molecule has 1 aromatic rings. The lowest BCUT2D eigenvalue weighted by atomic mass is 10.00. The van der Waals surface area contributed by atoms with Crippen molar-refractivity contribution in [1.29, 1.82) is 0 Å². The molecule has 1 rings (SSSR count). The van der Waals surface area contributed by atoms with Gasteiger partial charge in [0.1, 0.15) is 5.75 Å². The molecule has 0 radical (unpaired) electrons. The summed E-state index contributed by atoms with van der Waals surface area (Å²) < 4.78 is 29.0. The summed E-state index contributed by atoms with van der Waals surface area (Å²) in [5, 5.41) is 0. The fourth-order valence-electron chi connectivity index (χ4n) is 1.77. The molecule has 1 aromatic carbocycles. The van der Waals surface area contributed by atoms with Crippen molar-refractivity contribution >= 4 is 10.1 Å². The van der Waals surface area contributed by atoms with E-state index < -0.39 is 15.7 Å². The first-order valence-corrected chi connectivity index (χ1v) is 7.58. The fourth-order valence-corrected chi connectivity index (χ4v) is 3.28. The van der Waals surface area contributed by atoms with Gasteiger partial charge < -0.3 is 0 Å². The van der Waals surface area contributed by atoms with Crippen molar-refractivity contribution in [2.75, 3.05) is 0 Å². The van der Waals surface area contributed by atoms with Crippen LogP contribution in [0, 0.1) is 20.8 Å². The Morgan fingerprint density at radius 3 is 2.11 bits per heavy atom. The molecule has 0 aromatic heterocycles. The molecule has 0 atom stereocenters. The normalized spacial score (nSPS) is 12.8. The molecule has 0 aliphatic rings. The van der Waals surface area contributed by atoms with E-state index in [1.54, 1.807) is 20.8 Å². The highest BCUT2D eigenvalue weighted by Gasteiger charge is 2.23. The van der Waals surface area contributed by atoms with Crippen LogP contribution in [0.25, 0.3) is 0 Å². The van der Waals surface area contributed by atoms with Gasteiger partial charge in [0.05, 0.1) is 5.60 Å². The van der Waals surface area contributed by atoms with E-state index in [2.05, 4.69) is 0 Å². The van der Waals surface area contributed by atoms with E-state index in [1.807, 2.05) is 32.9 Å². The SMILES string of the molecule is Cc1ccc(CS(=O)(=O)OC(C)(C)C)c(C)c1C. The van der Waals surface area contributed by atoms with Gasteiger partial charge in [-0.2, -0.15) is 8.42 Å². The standard InChI is InChI=1S/C14H22O3S/c1-10-7-8-13(12(3)11(10)2)9-18(15,16)17-14(4,5)6/h7-8H,9H2,1-6H3. The molecule has 0 N–H and O–H groups in total. The maximum absolute atomic E-state index is 11.9. The molecule has 0 unspecified atom stereocenters. The van der Waals surface area contributed by atoms with Gasteiger partial charge >= 0.3 is 0 Å². The van der Waals surface area contributed by atoms with Gasteiger partial charge in [-0.25, -0.2) is 0 Å². The lowest BCUT2D eigenvalue weighted by Crippen LogP contribution is -2.25. The van der Waals surface area contributed by atoms with Gasteiger partial charge in [0.15, 0.2) is 0 Å². The maximum Gasteiger partial charge on any atom is 0.272 e. The molecule has 0 aliphatic carbocycles. The summed E-state index contributed by atoms with van der Waals surface area (Å²) in [6.45, 7) is 11.2. The lowest BCUT2D eigenvalue weighted by Gasteiger charge is -2.19. The van der Waals surface area contributed by atoms with Crippen molar-refractivity contribution < 1.29 is 12.6 Å². The monoisotopic (exact) mass is 270 g/mol. The van der Waals surface area contributed by atoms with Crippen LogP contribution in [0.4, 0.5) is 0 Å².